The Labute approximate surface area is 170 Å². The number of ether oxygens (including phenoxy) is 1. The van der Waals surface area contributed by atoms with E-state index < -0.39 is 0 Å². The second kappa shape index (κ2) is 8.92. The maximum atomic E-state index is 12.4. The van der Waals surface area contributed by atoms with Crippen molar-refractivity contribution in [2.75, 3.05) is 19.8 Å². The summed E-state index contributed by atoms with van der Waals surface area (Å²) in [6.07, 6.45) is 6.42. The minimum atomic E-state index is -0.160. The van der Waals surface area contributed by atoms with E-state index >= 15 is 0 Å². The molecule has 150 valence electrons. The van der Waals surface area contributed by atoms with Gasteiger partial charge in [0.2, 0.25) is 0 Å². The predicted octanol–water partition coefficient (Wildman–Crippen LogP) is 3.09. The van der Waals surface area contributed by atoms with E-state index in [1.165, 1.54) is 11.1 Å². The first-order valence-corrected chi connectivity index (χ1v) is 9.92. The van der Waals surface area contributed by atoms with E-state index in [4.69, 9.17) is 4.74 Å². The Morgan fingerprint density at radius 3 is 2.72 bits per heavy atom. The molecule has 1 aromatic heterocycles. The molecule has 6 nitrogen and oxygen atoms in total. The molecule has 3 aromatic rings. The molecule has 1 aliphatic heterocycles. The lowest BCUT2D eigenvalue weighted by Crippen LogP contribution is -2.45. The summed E-state index contributed by atoms with van der Waals surface area (Å²) in [7, 11) is 0. The lowest BCUT2D eigenvalue weighted by molar-refractivity contribution is 0.175. The van der Waals surface area contributed by atoms with Gasteiger partial charge in [-0.2, -0.15) is 0 Å². The van der Waals surface area contributed by atoms with Crippen molar-refractivity contribution < 1.29 is 9.53 Å². The number of nitrogens with one attached hydrogen (secondary N) is 2. The van der Waals surface area contributed by atoms with Crippen molar-refractivity contribution >= 4 is 6.03 Å². The highest BCUT2D eigenvalue weighted by Gasteiger charge is 2.36. The van der Waals surface area contributed by atoms with Crippen molar-refractivity contribution in [1.29, 1.82) is 0 Å². The SMILES string of the molecule is O=C(NCc1cccc(Cn2ccnc2)c1)NCC1(c2ccccc2)CCOC1. The van der Waals surface area contributed by atoms with Gasteiger partial charge in [0.1, 0.15) is 0 Å². The third kappa shape index (κ3) is 4.84. The number of rotatable bonds is 7. The Morgan fingerprint density at radius 2 is 1.97 bits per heavy atom. The summed E-state index contributed by atoms with van der Waals surface area (Å²) < 4.78 is 7.67. The fraction of sp³-hybridized carbons (Fsp3) is 0.304. The molecule has 1 fully saturated rings. The van der Waals surface area contributed by atoms with Gasteiger partial charge in [0.25, 0.3) is 0 Å². The van der Waals surface area contributed by atoms with Gasteiger partial charge < -0.3 is 19.9 Å². The van der Waals surface area contributed by atoms with E-state index in [1.54, 1.807) is 12.5 Å². The monoisotopic (exact) mass is 390 g/mol. The van der Waals surface area contributed by atoms with Gasteiger partial charge in [-0.1, -0.05) is 54.6 Å². The molecule has 1 aliphatic rings. The van der Waals surface area contributed by atoms with Crippen LogP contribution >= 0.6 is 0 Å². The van der Waals surface area contributed by atoms with Gasteiger partial charge >= 0.3 is 6.03 Å². The zero-order valence-electron chi connectivity index (χ0n) is 16.4. The number of benzene rings is 2. The van der Waals surface area contributed by atoms with Crippen LogP contribution in [0.15, 0.2) is 73.3 Å². The van der Waals surface area contributed by atoms with E-state index in [2.05, 4.69) is 39.9 Å². The van der Waals surface area contributed by atoms with Gasteiger partial charge in [0.05, 0.1) is 12.9 Å². The summed E-state index contributed by atoms with van der Waals surface area (Å²) in [5.41, 5.74) is 3.31. The van der Waals surface area contributed by atoms with Crippen LogP contribution in [0.5, 0.6) is 0 Å². The van der Waals surface area contributed by atoms with Crippen molar-refractivity contribution in [3.63, 3.8) is 0 Å². The predicted molar refractivity (Wildman–Crippen MR) is 112 cm³/mol. The highest BCUT2D eigenvalue weighted by atomic mass is 16.5. The summed E-state index contributed by atoms with van der Waals surface area (Å²) in [6.45, 7) is 3.16. The number of imidazole rings is 1. The maximum Gasteiger partial charge on any atom is 0.315 e. The standard InChI is InChI=1S/C23H26N4O2/c28-22(26-16-23(9-12-29-17-23)21-7-2-1-3-8-21)25-14-19-5-4-6-20(13-19)15-27-11-10-24-18-27/h1-8,10-11,13,18H,9,12,14-17H2,(H2,25,26,28). The number of nitrogens with zero attached hydrogens (tertiary/aromatic N) is 2. The summed E-state index contributed by atoms with van der Waals surface area (Å²) in [6, 6.07) is 18.4. The second-order valence-corrected chi connectivity index (χ2v) is 7.54. The molecule has 2 amide bonds. The molecule has 0 bridgehead atoms. The number of aromatic nitrogens is 2. The lowest BCUT2D eigenvalue weighted by Gasteiger charge is -2.28. The van der Waals surface area contributed by atoms with E-state index in [0.29, 0.717) is 19.7 Å². The van der Waals surface area contributed by atoms with Crippen LogP contribution in [0.1, 0.15) is 23.1 Å². The zero-order valence-corrected chi connectivity index (χ0v) is 16.4. The van der Waals surface area contributed by atoms with Gasteiger partial charge in [0, 0.05) is 44.0 Å². The van der Waals surface area contributed by atoms with Crippen LogP contribution in [0.2, 0.25) is 0 Å². The molecule has 0 saturated carbocycles. The summed E-state index contributed by atoms with van der Waals surface area (Å²) in [5, 5.41) is 6.01. The van der Waals surface area contributed by atoms with Crippen molar-refractivity contribution in [1.82, 2.24) is 20.2 Å². The number of carbonyl (C=O) groups is 1. The van der Waals surface area contributed by atoms with E-state index in [-0.39, 0.29) is 11.4 Å². The van der Waals surface area contributed by atoms with Crippen LogP contribution in [0.4, 0.5) is 4.79 Å². The molecule has 0 aliphatic carbocycles. The summed E-state index contributed by atoms with van der Waals surface area (Å²) in [4.78, 5) is 16.5. The number of hydrogen-bond donors (Lipinski definition) is 2. The van der Waals surface area contributed by atoms with Crippen LogP contribution in [0, 0.1) is 0 Å². The molecule has 1 atom stereocenters. The molecule has 2 N–H and O–H groups in total. The van der Waals surface area contributed by atoms with Gasteiger partial charge in [-0.05, 0) is 23.1 Å². The van der Waals surface area contributed by atoms with Crippen molar-refractivity contribution in [2.24, 2.45) is 0 Å². The Morgan fingerprint density at radius 1 is 1.10 bits per heavy atom. The average molecular weight is 390 g/mol. The first-order valence-electron chi connectivity index (χ1n) is 9.92. The Bertz CT molecular complexity index is 919. The quantitative estimate of drug-likeness (QED) is 0.651. The van der Waals surface area contributed by atoms with Gasteiger partial charge in [-0.25, -0.2) is 9.78 Å². The molecule has 2 heterocycles. The van der Waals surface area contributed by atoms with Gasteiger partial charge in [0.15, 0.2) is 0 Å². The van der Waals surface area contributed by atoms with Crippen LogP contribution in [0.3, 0.4) is 0 Å². The molecule has 2 aromatic carbocycles. The topological polar surface area (TPSA) is 68.2 Å². The van der Waals surface area contributed by atoms with Gasteiger partial charge in [-0.15, -0.1) is 0 Å². The summed E-state index contributed by atoms with van der Waals surface area (Å²) in [5.74, 6) is 0. The molecule has 6 heteroatoms. The van der Waals surface area contributed by atoms with E-state index in [1.807, 2.05) is 41.1 Å². The van der Waals surface area contributed by atoms with E-state index in [0.717, 1.165) is 25.1 Å². The highest BCUT2D eigenvalue weighted by Crippen LogP contribution is 2.32. The van der Waals surface area contributed by atoms with Crippen molar-refractivity contribution in [3.8, 4) is 0 Å². The normalized spacial score (nSPS) is 18.5. The maximum absolute atomic E-state index is 12.4. The first kappa shape index (κ1) is 19.2. The van der Waals surface area contributed by atoms with Crippen molar-refractivity contribution in [2.45, 2.75) is 24.9 Å². The van der Waals surface area contributed by atoms with E-state index in [9.17, 15) is 4.79 Å². The highest BCUT2D eigenvalue weighted by molar-refractivity contribution is 5.74. The van der Waals surface area contributed by atoms with Crippen molar-refractivity contribution in [3.05, 3.63) is 90.0 Å². The summed E-state index contributed by atoms with van der Waals surface area (Å²) >= 11 is 0. The Hall–Kier alpha value is -3.12. The lowest BCUT2D eigenvalue weighted by atomic mass is 9.80. The molecule has 1 saturated heterocycles. The average Bonchev–Trinajstić information content (AvgIpc) is 3.45. The number of hydrogen-bond acceptors (Lipinski definition) is 3. The first-order chi connectivity index (χ1) is 14.2. The Kier molecular flexibility index (Phi) is 5.91. The number of amides is 2. The smallest absolute Gasteiger partial charge is 0.315 e. The number of urea groups is 1. The molecular formula is C23H26N4O2. The minimum Gasteiger partial charge on any atom is -0.380 e. The molecule has 0 spiro atoms. The van der Waals surface area contributed by atoms with Crippen LogP contribution in [0.25, 0.3) is 0 Å². The van der Waals surface area contributed by atoms with Crippen LogP contribution in [-0.4, -0.2) is 35.3 Å². The Balaban J connectivity index is 1.31. The van der Waals surface area contributed by atoms with Gasteiger partial charge in [-0.3, -0.25) is 0 Å². The second-order valence-electron chi connectivity index (χ2n) is 7.54. The molecular weight excluding hydrogens is 364 g/mol. The molecule has 1 unspecified atom stereocenters. The minimum absolute atomic E-state index is 0.149. The fourth-order valence-corrected chi connectivity index (χ4v) is 3.79. The van der Waals surface area contributed by atoms with Crippen LogP contribution < -0.4 is 10.6 Å². The molecule has 29 heavy (non-hydrogen) atoms. The molecule has 0 radical (unpaired) electrons. The number of carbonyl (C=O) groups excluding carboxylic acids is 1. The fourth-order valence-electron chi connectivity index (χ4n) is 3.79. The van der Waals surface area contributed by atoms with Crippen LogP contribution in [-0.2, 0) is 23.2 Å². The largest absolute Gasteiger partial charge is 0.380 e. The molecule has 4 rings (SSSR count). The third-order valence-corrected chi connectivity index (χ3v) is 5.45. The third-order valence-electron chi connectivity index (χ3n) is 5.45. The zero-order chi connectivity index (χ0) is 19.9.